The lowest BCUT2D eigenvalue weighted by atomic mass is 10.5. The van der Waals surface area contributed by atoms with Gasteiger partial charge in [-0.2, -0.15) is 0 Å². The lowest BCUT2D eigenvalue weighted by Crippen LogP contribution is -1.65. The maximum absolute atomic E-state index is 9.17. The molecule has 0 unspecified atom stereocenters. The average molecular weight is 172 g/mol. The van der Waals surface area contributed by atoms with Gasteiger partial charge in [0.1, 0.15) is 11.4 Å². The molecule has 0 radical (unpaired) electrons. The molecule has 0 saturated heterocycles. The number of aldehydes is 1. The number of halogens is 1. The van der Waals surface area contributed by atoms with Crippen molar-refractivity contribution in [3.8, 4) is 0 Å². The summed E-state index contributed by atoms with van der Waals surface area (Å²) < 4.78 is 0. The van der Waals surface area contributed by atoms with Gasteiger partial charge in [0.25, 0.3) is 0 Å². The molecule has 0 fully saturated rings. The Labute approximate surface area is 71.2 Å². The number of rotatable bonds is 1. The molecule has 60 valence electrons. The first-order valence-corrected chi connectivity index (χ1v) is 3.69. The summed E-state index contributed by atoms with van der Waals surface area (Å²) in [7, 11) is 0. The van der Waals surface area contributed by atoms with Crippen LogP contribution < -0.4 is 0 Å². The molecule has 0 aromatic carbocycles. The van der Waals surface area contributed by atoms with Crippen molar-refractivity contribution in [2.75, 3.05) is 0 Å². The van der Waals surface area contributed by atoms with Crippen molar-refractivity contribution in [1.82, 2.24) is 4.98 Å². The molecule has 1 rings (SSSR count). The molecule has 1 aromatic heterocycles. The Kier molecular flexibility index (Phi) is 6.64. The molecule has 0 aliphatic heterocycles. The molecule has 0 saturated carbocycles. The van der Waals surface area contributed by atoms with Crippen molar-refractivity contribution in [3.05, 3.63) is 29.5 Å². The first-order chi connectivity index (χ1) is 5.31. The number of pyridine rings is 1. The molecule has 0 aliphatic rings. The highest BCUT2D eigenvalue weighted by atomic mass is 35.5. The zero-order valence-electron chi connectivity index (χ0n) is 6.33. The quantitative estimate of drug-likeness (QED) is 0.480. The third-order valence-corrected chi connectivity index (χ3v) is 1.02. The standard InChI is InChI=1S/C5H4ClN.C3H6O/c6-5-3-1-2-4-7-5;1-2-3-4/h1-4H;3H,2H2,1H3. The van der Waals surface area contributed by atoms with E-state index in [0.717, 1.165) is 6.29 Å². The Hall–Kier alpha value is -0.890. The number of hydrogen-bond donors (Lipinski definition) is 0. The average Bonchev–Trinajstić information content (AvgIpc) is 2.07. The van der Waals surface area contributed by atoms with Crippen molar-refractivity contribution >= 4 is 17.9 Å². The Morgan fingerprint density at radius 2 is 2.27 bits per heavy atom. The van der Waals surface area contributed by atoms with Crippen LogP contribution in [0.15, 0.2) is 24.4 Å². The Balaban J connectivity index is 0.000000218. The number of nitrogens with zero attached hydrogens (tertiary/aromatic N) is 1. The van der Waals surface area contributed by atoms with Crippen LogP contribution in [0.3, 0.4) is 0 Å². The predicted molar refractivity (Wildman–Crippen MR) is 45.6 cm³/mol. The van der Waals surface area contributed by atoms with E-state index >= 15 is 0 Å². The van der Waals surface area contributed by atoms with E-state index in [2.05, 4.69) is 4.98 Å². The van der Waals surface area contributed by atoms with Crippen molar-refractivity contribution in [3.63, 3.8) is 0 Å². The van der Waals surface area contributed by atoms with Crippen LogP contribution in [0.4, 0.5) is 0 Å². The van der Waals surface area contributed by atoms with Gasteiger partial charge in [-0.25, -0.2) is 4.98 Å². The van der Waals surface area contributed by atoms with Gasteiger partial charge in [-0.05, 0) is 12.1 Å². The molecule has 3 heteroatoms. The fourth-order valence-corrected chi connectivity index (χ4v) is 0.471. The van der Waals surface area contributed by atoms with E-state index in [1.807, 2.05) is 19.1 Å². The summed E-state index contributed by atoms with van der Waals surface area (Å²) in [6, 6.07) is 5.41. The van der Waals surface area contributed by atoms with Gasteiger partial charge in [-0.15, -0.1) is 0 Å². The molecule has 0 bridgehead atoms. The fourth-order valence-electron chi connectivity index (χ4n) is 0.342. The Morgan fingerprint density at radius 1 is 1.64 bits per heavy atom. The first-order valence-electron chi connectivity index (χ1n) is 3.31. The van der Waals surface area contributed by atoms with Crippen LogP contribution in [0.5, 0.6) is 0 Å². The van der Waals surface area contributed by atoms with Crippen LogP contribution in [0.25, 0.3) is 0 Å². The van der Waals surface area contributed by atoms with Crippen LogP contribution in [0, 0.1) is 0 Å². The van der Waals surface area contributed by atoms with Gasteiger partial charge in [0.2, 0.25) is 0 Å². The van der Waals surface area contributed by atoms with E-state index in [9.17, 15) is 4.79 Å². The minimum Gasteiger partial charge on any atom is -0.303 e. The van der Waals surface area contributed by atoms with Gasteiger partial charge >= 0.3 is 0 Å². The third-order valence-electron chi connectivity index (χ3n) is 0.795. The molecular formula is C8H10ClNO. The second-order valence-corrected chi connectivity index (χ2v) is 2.11. The summed E-state index contributed by atoms with van der Waals surface area (Å²) in [5.74, 6) is 0. The van der Waals surface area contributed by atoms with Crippen LogP contribution in [0.1, 0.15) is 13.3 Å². The van der Waals surface area contributed by atoms with E-state index in [4.69, 9.17) is 11.6 Å². The minimum atomic E-state index is 0.544. The minimum absolute atomic E-state index is 0.544. The van der Waals surface area contributed by atoms with Gasteiger partial charge < -0.3 is 4.79 Å². The lowest BCUT2D eigenvalue weighted by Gasteiger charge is -1.79. The van der Waals surface area contributed by atoms with Crippen molar-refractivity contribution in [2.45, 2.75) is 13.3 Å². The molecule has 1 heterocycles. The van der Waals surface area contributed by atoms with Crippen LogP contribution >= 0.6 is 11.6 Å². The molecule has 0 N–H and O–H groups in total. The zero-order valence-corrected chi connectivity index (χ0v) is 7.08. The summed E-state index contributed by atoms with van der Waals surface area (Å²) in [5, 5.41) is 0.544. The SMILES string of the molecule is CCC=O.Clc1ccccn1. The van der Waals surface area contributed by atoms with E-state index in [0.29, 0.717) is 11.6 Å². The second-order valence-electron chi connectivity index (χ2n) is 1.73. The van der Waals surface area contributed by atoms with Crippen molar-refractivity contribution in [2.24, 2.45) is 0 Å². The normalized spacial score (nSPS) is 7.82. The molecule has 2 nitrogen and oxygen atoms in total. The molecule has 0 spiro atoms. The van der Waals surface area contributed by atoms with E-state index < -0.39 is 0 Å². The lowest BCUT2D eigenvalue weighted by molar-refractivity contribution is -0.107. The molecule has 1 aromatic rings. The number of carbonyl (C=O) groups excluding carboxylic acids is 1. The summed E-state index contributed by atoms with van der Waals surface area (Å²) in [6.45, 7) is 1.81. The van der Waals surface area contributed by atoms with Gasteiger partial charge in [-0.3, -0.25) is 0 Å². The van der Waals surface area contributed by atoms with Gasteiger partial charge in [0, 0.05) is 12.6 Å². The molecule has 11 heavy (non-hydrogen) atoms. The van der Waals surface area contributed by atoms with E-state index in [1.54, 1.807) is 12.3 Å². The third kappa shape index (κ3) is 7.00. The number of hydrogen-bond acceptors (Lipinski definition) is 2. The Morgan fingerprint density at radius 3 is 2.45 bits per heavy atom. The first kappa shape index (κ1) is 10.1. The maximum atomic E-state index is 9.17. The summed E-state index contributed by atoms with van der Waals surface area (Å²) in [6.07, 6.45) is 3.17. The Bertz CT molecular complexity index is 189. The molecular weight excluding hydrogens is 162 g/mol. The van der Waals surface area contributed by atoms with Gasteiger partial charge in [0.05, 0.1) is 0 Å². The van der Waals surface area contributed by atoms with Crippen molar-refractivity contribution < 1.29 is 4.79 Å². The van der Waals surface area contributed by atoms with Gasteiger partial charge in [-0.1, -0.05) is 24.6 Å². The van der Waals surface area contributed by atoms with Gasteiger partial charge in [0.15, 0.2) is 0 Å². The predicted octanol–water partition coefficient (Wildman–Crippen LogP) is 2.33. The van der Waals surface area contributed by atoms with Crippen LogP contribution in [0.2, 0.25) is 5.15 Å². The summed E-state index contributed by atoms with van der Waals surface area (Å²) >= 11 is 5.43. The zero-order chi connectivity index (χ0) is 8.53. The summed E-state index contributed by atoms with van der Waals surface area (Å²) in [5.41, 5.74) is 0. The summed E-state index contributed by atoms with van der Waals surface area (Å²) in [4.78, 5) is 12.9. The molecule has 0 amide bonds. The second kappa shape index (κ2) is 7.22. The molecule has 0 atom stereocenters. The number of aromatic nitrogens is 1. The highest BCUT2D eigenvalue weighted by Gasteiger charge is 1.76. The van der Waals surface area contributed by atoms with E-state index in [-0.39, 0.29) is 0 Å². The highest BCUT2D eigenvalue weighted by Crippen LogP contribution is 1.98. The topological polar surface area (TPSA) is 30.0 Å². The smallest absolute Gasteiger partial charge is 0.129 e. The monoisotopic (exact) mass is 171 g/mol. The van der Waals surface area contributed by atoms with E-state index in [1.165, 1.54) is 0 Å². The maximum Gasteiger partial charge on any atom is 0.129 e. The molecule has 0 aliphatic carbocycles. The van der Waals surface area contributed by atoms with Crippen molar-refractivity contribution in [1.29, 1.82) is 0 Å². The van der Waals surface area contributed by atoms with Crippen LogP contribution in [-0.2, 0) is 4.79 Å². The largest absolute Gasteiger partial charge is 0.303 e. The highest BCUT2D eigenvalue weighted by molar-refractivity contribution is 6.29. The van der Waals surface area contributed by atoms with Crippen LogP contribution in [-0.4, -0.2) is 11.3 Å². The number of carbonyl (C=O) groups is 1. The fraction of sp³-hybridized carbons (Fsp3) is 0.250.